The summed E-state index contributed by atoms with van der Waals surface area (Å²) >= 11 is 16.6. The SMILES string of the molecule is CCCCCCOC(=O)c1cc(/C=C2\SC(=S)N(CC(CC)CCCC)C2=O)sc1-c1sc(/C=C2\SC(=S)N(CC(CC)CCCC)C2=O)cc1C(=O)OCCCCCC. The van der Waals surface area contributed by atoms with Crippen LogP contribution in [0.5, 0.6) is 0 Å². The molecule has 2 saturated heterocycles. The van der Waals surface area contributed by atoms with Crippen molar-refractivity contribution in [1.82, 2.24) is 9.80 Å². The van der Waals surface area contributed by atoms with E-state index in [2.05, 4.69) is 41.5 Å². The number of unbranched alkanes of at least 4 members (excludes halogenated alkanes) is 8. The predicted molar refractivity (Wildman–Crippen MR) is 263 cm³/mol. The van der Waals surface area contributed by atoms with Crippen molar-refractivity contribution in [3.8, 4) is 9.75 Å². The molecule has 0 bridgehead atoms. The highest BCUT2D eigenvalue weighted by Crippen LogP contribution is 2.44. The molecule has 0 aliphatic carbocycles. The van der Waals surface area contributed by atoms with Gasteiger partial charge in [-0.25, -0.2) is 9.59 Å². The summed E-state index contributed by atoms with van der Waals surface area (Å²) in [6.45, 7) is 14.6. The van der Waals surface area contributed by atoms with Gasteiger partial charge in [-0.3, -0.25) is 19.4 Å². The first-order valence-corrected chi connectivity index (χ1v) is 26.2. The molecule has 2 aromatic rings. The molecule has 60 heavy (non-hydrogen) atoms. The number of nitrogens with zero attached hydrogens (tertiary/aromatic N) is 2. The smallest absolute Gasteiger partial charge is 0.339 e. The summed E-state index contributed by atoms with van der Waals surface area (Å²) in [5.74, 6) is -0.517. The minimum absolute atomic E-state index is 0.131. The van der Waals surface area contributed by atoms with Crippen molar-refractivity contribution in [2.24, 2.45) is 11.8 Å². The largest absolute Gasteiger partial charge is 0.462 e. The molecule has 2 aliphatic rings. The Hall–Kier alpha value is -2.36. The molecule has 14 heteroatoms. The summed E-state index contributed by atoms with van der Waals surface area (Å²) in [4.78, 5) is 62.3. The van der Waals surface area contributed by atoms with E-state index in [0.29, 0.717) is 74.0 Å². The maximum absolute atomic E-state index is 13.9. The highest BCUT2D eigenvalue weighted by Gasteiger charge is 2.36. The van der Waals surface area contributed by atoms with Crippen LogP contribution in [0.4, 0.5) is 0 Å². The second-order valence-electron chi connectivity index (χ2n) is 15.6. The lowest BCUT2D eigenvalue weighted by Crippen LogP contribution is -2.33. The number of hydrogen-bond donors (Lipinski definition) is 0. The van der Waals surface area contributed by atoms with Gasteiger partial charge in [0.25, 0.3) is 11.8 Å². The van der Waals surface area contributed by atoms with E-state index < -0.39 is 11.9 Å². The zero-order valence-electron chi connectivity index (χ0n) is 36.4. The number of ether oxygens (including phenoxy) is 2. The Morgan fingerprint density at radius 1 is 0.600 bits per heavy atom. The van der Waals surface area contributed by atoms with E-state index in [9.17, 15) is 19.2 Å². The van der Waals surface area contributed by atoms with Crippen molar-refractivity contribution < 1.29 is 28.7 Å². The number of thiocarbonyl (C=S) groups is 2. The van der Waals surface area contributed by atoms with E-state index in [1.807, 2.05) is 0 Å². The molecule has 2 aromatic heterocycles. The molecular formula is C46H64N2O6S6. The standard InChI is InChI=1S/C46H64N2O6S6/c1-7-13-17-19-23-53-43(51)35-25-33(27-37-41(49)47(45(55)59-37)29-31(11-5)21-15-9-3)57-39(35)40-36(44(52)54-24-20-18-14-8-2)26-34(58-40)28-38-42(50)48(46(56)60-38)30-32(12-6)22-16-10-4/h25-28,31-32H,7-24,29-30H2,1-6H3/b37-27-,38-28-. The second-order valence-corrected chi connectivity index (χ2v) is 21.1. The van der Waals surface area contributed by atoms with Gasteiger partial charge in [-0.2, -0.15) is 0 Å². The van der Waals surface area contributed by atoms with E-state index in [-0.39, 0.29) is 25.0 Å². The summed E-state index contributed by atoms with van der Waals surface area (Å²) in [5.41, 5.74) is 0.634. The molecule has 330 valence electrons. The molecule has 2 amide bonds. The van der Waals surface area contributed by atoms with Crippen LogP contribution >= 0.6 is 70.6 Å². The molecule has 0 spiro atoms. The van der Waals surface area contributed by atoms with Gasteiger partial charge >= 0.3 is 11.9 Å². The lowest BCUT2D eigenvalue weighted by Gasteiger charge is -2.21. The lowest BCUT2D eigenvalue weighted by molar-refractivity contribution is -0.123. The van der Waals surface area contributed by atoms with Gasteiger partial charge in [-0.05, 0) is 61.8 Å². The first-order chi connectivity index (χ1) is 29.0. The molecule has 0 radical (unpaired) electrons. The Labute approximate surface area is 386 Å². The van der Waals surface area contributed by atoms with Crippen molar-refractivity contribution >= 4 is 115 Å². The van der Waals surface area contributed by atoms with Gasteiger partial charge in [0.1, 0.15) is 8.64 Å². The first kappa shape index (κ1) is 50.3. The fourth-order valence-electron chi connectivity index (χ4n) is 7.07. The molecule has 0 N–H and O–H groups in total. The third kappa shape index (κ3) is 14.3. The molecule has 2 atom stereocenters. The average Bonchev–Trinajstić information content (AvgIpc) is 3.98. The number of carbonyl (C=O) groups is 4. The molecule has 2 fully saturated rings. The Bertz CT molecular complexity index is 1730. The summed E-state index contributed by atoms with van der Waals surface area (Å²) in [5, 5.41) is 0. The van der Waals surface area contributed by atoms with E-state index in [1.165, 1.54) is 46.2 Å². The maximum atomic E-state index is 13.9. The normalized spacial score (nSPS) is 16.8. The highest BCUT2D eigenvalue weighted by atomic mass is 32.2. The van der Waals surface area contributed by atoms with Gasteiger partial charge in [0.15, 0.2) is 0 Å². The number of thioether (sulfide) groups is 2. The number of esters is 2. The Balaban J connectivity index is 1.75. The van der Waals surface area contributed by atoms with Gasteiger partial charge in [-0.1, -0.05) is 167 Å². The molecule has 4 heterocycles. The van der Waals surface area contributed by atoms with E-state index in [0.717, 1.165) is 103 Å². The molecule has 2 aliphatic heterocycles. The highest BCUT2D eigenvalue weighted by molar-refractivity contribution is 8.27. The number of hydrogen-bond acceptors (Lipinski definition) is 12. The Morgan fingerprint density at radius 2 is 0.983 bits per heavy atom. The maximum Gasteiger partial charge on any atom is 0.339 e. The van der Waals surface area contributed by atoms with Gasteiger partial charge in [0.05, 0.1) is 43.9 Å². The van der Waals surface area contributed by atoms with Crippen LogP contribution in [0.3, 0.4) is 0 Å². The van der Waals surface area contributed by atoms with Crippen molar-refractivity contribution in [1.29, 1.82) is 0 Å². The van der Waals surface area contributed by atoms with Crippen LogP contribution < -0.4 is 0 Å². The fourth-order valence-corrected chi connectivity index (χ4v) is 12.1. The van der Waals surface area contributed by atoms with Crippen molar-refractivity contribution in [3.63, 3.8) is 0 Å². The molecular weight excluding hydrogens is 869 g/mol. The summed E-state index contributed by atoms with van der Waals surface area (Å²) < 4.78 is 12.7. The van der Waals surface area contributed by atoms with Crippen LogP contribution in [0.1, 0.15) is 175 Å². The quantitative estimate of drug-likeness (QED) is 0.0373. The van der Waals surface area contributed by atoms with E-state index in [4.69, 9.17) is 33.9 Å². The Morgan fingerprint density at radius 3 is 1.33 bits per heavy atom. The van der Waals surface area contributed by atoms with Gasteiger partial charge in [0, 0.05) is 22.8 Å². The van der Waals surface area contributed by atoms with Crippen LogP contribution in [-0.4, -0.2) is 68.5 Å². The zero-order chi connectivity index (χ0) is 43.6. The third-order valence-corrected chi connectivity index (χ3v) is 16.0. The van der Waals surface area contributed by atoms with Crippen molar-refractivity contribution in [2.45, 2.75) is 144 Å². The monoisotopic (exact) mass is 932 g/mol. The summed E-state index contributed by atoms with van der Waals surface area (Å²) in [6, 6.07) is 3.51. The number of amides is 2. The topological polar surface area (TPSA) is 93.2 Å². The van der Waals surface area contributed by atoms with Crippen LogP contribution in [0.2, 0.25) is 0 Å². The first-order valence-electron chi connectivity index (χ1n) is 22.1. The van der Waals surface area contributed by atoms with E-state index >= 15 is 0 Å². The molecule has 2 unspecified atom stereocenters. The minimum Gasteiger partial charge on any atom is -0.462 e. The van der Waals surface area contributed by atoms with Crippen molar-refractivity contribution in [3.05, 3.63) is 42.8 Å². The summed E-state index contributed by atoms with van der Waals surface area (Å²) in [6.07, 6.45) is 19.7. The van der Waals surface area contributed by atoms with Gasteiger partial charge in [0.2, 0.25) is 0 Å². The summed E-state index contributed by atoms with van der Waals surface area (Å²) in [7, 11) is 0. The predicted octanol–water partition coefficient (Wildman–Crippen LogP) is 13.8. The third-order valence-electron chi connectivity index (χ3n) is 10.9. The van der Waals surface area contributed by atoms with Crippen LogP contribution in [0.25, 0.3) is 21.9 Å². The van der Waals surface area contributed by atoms with Crippen LogP contribution in [-0.2, 0) is 19.1 Å². The average molecular weight is 933 g/mol. The zero-order valence-corrected chi connectivity index (χ0v) is 41.3. The number of carbonyl (C=O) groups excluding carboxylic acids is 4. The van der Waals surface area contributed by atoms with Crippen molar-refractivity contribution in [2.75, 3.05) is 26.3 Å². The molecule has 0 aromatic carbocycles. The second kappa shape index (κ2) is 26.3. The van der Waals surface area contributed by atoms with Gasteiger partial charge in [-0.15, -0.1) is 22.7 Å². The molecule has 4 rings (SSSR count). The molecule has 8 nitrogen and oxygen atoms in total. The fraction of sp³-hybridized carbons (Fsp3) is 0.609. The minimum atomic E-state index is -0.491. The lowest BCUT2D eigenvalue weighted by atomic mass is 9.99. The van der Waals surface area contributed by atoms with Crippen LogP contribution in [0.15, 0.2) is 21.9 Å². The number of rotatable bonds is 27. The van der Waals surface area contributed by atoms with Gasteiger partial charge < -0.3 is 9.47 Å². The van der Waals surface area contributed by atoms with Crippen LogP contribution in [0, 0.1) is 11.8 Å². The molecule has 0 saturated carbocycles. The van der Waals surface area contributed by atoms with E-state index in [1.54, 1.807) is 34.1 Å². The Kier molecular flexibility index (Phi) is 22.0. The number of thiophene rings is 2.